The number of aliphatic hydroxyl groups is 2. The average molecular weight is 414 g/mol. The molecule has 1 aromatic heterocycles. The highest BCUT2D eigenvalue weighted by atomic mass is 16.5. The van der Waals surface area contributed by atoms with Crippen LogP contribution in [0.2, 0.25) is 0 Å². The zero-order valence-electron chi connectivity index (χ0n) is 17.5. The van der Waals surface area contributed by atoms with E-state index in [1.165, 1.54) is 12.8 Å². The van der Waals surface area contributed by atoms with Gasteiger partial charge < -0.3 is 25.1 Å². The van der Waals surface area contributed by atoms with Gasteiger partial charge >= 0.3 is 0 Å². The van der Waals surface area contributed by atoms with E-state index < -0.39 is 5.54 Å². The Bertz CT molecular complexity index is 1040. The van der Waals surface area contributed by atoms with E-state index in [-0.39, 0.29) is 18.6 Å². The first-order valence-electron chi connectivity index (χ1n) is 10.6. The van der Waals surface area contributed by atoms with E-state index in [9.17, 15) is 15.0 Å². The molecule has 0 aliphatic rings. The first kappa shape index (κ1) is 22.3. The monoisotopic (exact) mass is 413 g/mol. The van der Waals surface area contributed by atoms with Gasteiger partial charge in [0.25, 0.3) is 0 Å². The summed E-state index contributed by atoms with van der Waals surface area (Å²) in [4.78, 5) is 13.0. The van der Waals surface area contributed by atoms with Crippen molar-refractivity contribution in [3.8, 4) is 5.75 Å². The number of aliphatic hydroxyl groups excluding tert-OH is 2. The summed E-state index contributed by atoms with van der Waals surface area (Å²) in [5, 5.41) is 19.7. The fraction of sp³-hybridized carbons (Fsp3) is 0.458. The number of hydrogen-bond donors (Lipinski definition) is 3. The summed E-state index contributed by atoms with van der Waals surface area (Å²) < 4.78 is 11.8. The van der Waals surface area contributed by atoms with Crippen molar-refractivity contribution in [1.82, 2.24) is 0 Å². The maximum Gasteiger partial charge on any atom is 0.200 e. The smallest absolute Gasteiger partial charge is 0.200 e. The Morgan fingerprint density at radius 2 is 1.80 bits per heavy atom. The molecule has 0 saturated heterocycles. The van der Waals surface area contributed by atoms with Crippen LogP contribution in [0.15, 0.2) is 45.6 Å². The third-order valence-corrected chi connectivity index (χ3v) is 5.51. The molecule has 1 heterocycles. The second-order valence-corrected chi connectivity index (χ2v) is 8.01. The molecule has 0 saturated carbocycles. The molecule has 0 spiro atoms. The van der Waals surface area contributed by atoms with Crippen molar-refractivity contribution >= 4 is 21.9 Å². The number of nitrogens with two attached hydrogens (primary N) is 1. The fourth-order valence-corrected chi connectivity index (χ4v) is 3.44. The molecule has 3 aromatic rings. The molecule has 3 rings (SSSR count). The van der Waals surface area contributed by atoms with E-state index in [4.69, 9.17) is 14.9 Å². The molecule has 6 heteroatoms. The standard InChI is InChI=1S/C24H31NO5/c1-2-3-4-5-12-29-18-7-9-21-20(14-18)23(28)19-8-6-17(13-22(19)30-21)10-11-24(25,15-26)16-27/h6-9,13-14,26-27H,2-5,10-12,15-16,25H2,1H3. The molecule has 0 aliphatic carbocycles. The Labute approximate surface area is 176 Å². The van der Waals surface area contributed by atoms with Crippen molar-refractivity contribution in [1.29, 1.82) is 0 Å². The number of ether oxygens (including phenoxy) is 1. The van der Waals surface area contributed by atoms with Gasteiger partial charge in [0.1, 0.15) is 16.9 Å². The van der Waals surface area contributed by atoms with Crippen LogP contribution in [0.25, 0.3) is 21.9 Å². The topological polar surface area (TPSA) is 106 Å². The van der Waals surface area contributed by atoms with Crippen molar-refractivity contribution in [2.75, 3.05) is 19.8 Å². The summed E-state index contributed by atoms with van der Waals surface area (Å²) in [6, 6.07) is 10.8. The molecule has 162 valence electrons. The average Bonchev–Trinajstić information content (AvgIpc) is 2.77. The van der Waals surface area contributed by atoms with Gasteiger partial charge in [-0.25, -0.2) is 0 Å². The molecule has 0 unspecified atom stereocenters. The van der Waals surface area contributed by atoms with Crippen LogP contribution >= 0.6 is 0 Å². The van der Waals surface area contributed by atoms with Gasteiger partial charge in [0.2, 0.25) is 5.43 Å². The number of hydrogen-bond acceptors (Lipinski definition) is 6. The van der Waals surface area contributed by atoms with Crippen LogP contribution < -0.4 is 15.9 Å². The van der Waals surface area contributed by atoms with Crippen molar-refractivity contribution in [2.24, 2.45) is 5.73 Å². The summed E-state index contributed by atoms with van der Waals surface area (Å²) >= 11 is 0. The van der Waals surface area contributed by atoms with Crippen LogP contribution in [0.3, 0.4) is 0 Å². The highest BCUT2D eigenvalue weighted by Gasteiger charge is 2.22. The van der Waals surface area contributed by atoms with Gasteiger partial charge in [-0.3, -0.25) is 4.79 Å². The summed E-state index contributed by atoms with van der Waals surface area (Å²) in [5.74, 6) is 0.676. The molecule has 2 aromatic carbocycles. The lowest BCUT2D eigenvalue weighted by molar-refractivity contribution is 0.115. The molecule has 4 N–H and O–H groups in total. The molecular weight excluding hydrogens is 382 g/mol. The van der Waals surface area contributed by atoms with Crippen molar-refractivity contribution in [3.05, 3.63) is 52.2 Å². The Kier molecular flexibility index (Phi) is 7.48. The highest BCUT2D eigenvalue weighted by Crippen LogP contribution is 2.24. The SMILES string of the molecule is CCCCCCOc1ccc2oc3cc(CCC(N)(CO)CO)ccc3c(=O)c2c1. The summed E-state index contributed by atoms with van der Waals surface area (Å²) in [7, 11) is 0. The maximum atomic E-state index is 13.0. The summed E-state index contributed by atoms with van der Waals surface area (Å²) in [5.41, 5.74) is 6.78. The minimum atomic E-state index is -1.02. The lowest BCUT2D eigenvalue weighted by Crippen LogP contribution is -2.47. The minimum absolute atomic E-state index is 0.0897. The van der Waals surface area contributed by atoms with Crippen LogP contribution in [0.4, 0.5) is 0 Å². The van der Waals surface area contributed by atoms with E-state index in [1.54, 1.807) is 18.2 Å². The maximum absolute atomic E-state index is 13.0. The summed E-state index contributed by atoms with van der Waals surface area (Å²) in [6.07, 6.45) is 5.49. The zero-order chi connectivity index (χ0) is 21.6. The molecule has 0 radical (unpaired) electrons. The van der Waals surface area contributed by atoms with Crippen molar-refractivity contribution in [3.63, 3.8) is 0 Å². The second-order valence-electron chi connectivity index (χ2n) is 8.01. The van der Waals surface area contributed by atoms with Gasteiger partial charge in [-0.05, 0) is 55.2 Å². The Morgan fingerprint density at radius 3 is 2.53 bits per heavy atom. The molecule has 6 nitrogen and oxygen atoms in total. The number of rotatable bonds is 11. The third kappa shape index (κ3) is 5.19. The number of benzene rings is 2. The van der Waals surface area contributed by atoms with Crippen LogP contribution in [-0.4, -0.2) is 35.6 Å². The van der Waals surface area contributed by atoms with E-state index >= 15 is 0 Å². The Balaban J connectivity index is 1.81. The molecule has 0 bridgehead atoms. The Morgan fingerprint density at radius 1 is 1.00 bits per heavy atom. The van der Waals surface area contributed by atoms with Gasteiger partial charge in [0, 0.05) is 0 Å². The predicted octanol–water partition coefficient (Wildman–Crippen LogP) is 3.52. The molecule has 0 fully saturated rings. The molecule has 0 aliphatic heterocycles. The largest absolute Gasteiger partial charge is 0.494 e. The van der Waals surface area contributed by atoms with E-state index in [0.717, 1.165) is 18.4 Å². The van der Waals surface area contributed by atoms with Gasteiger partial charge in [-0.15, -0.1) is 0 Å². The number of unbranched alkanes of at least 4 members (excludes halogenated alkanes) is 3. The van der Waals surface area contributed by atoms with Gasteiger partial charge in [0.05, 0.1) is 36.1 Å². The normalized spacial score (nSPS) is 12.0. The lowest BCUT2D eigenvalue weighted by atomic mass is 9.93. The van der Waals surface area contributed by atoms with E-state index in [0.29, 0.717) is 47.1 Å². The van der Waals surface area contributed by atoms with Crippen LogP contribution in [0.1, 0.15) is 44.6 Å². The lowest BCUT2D eigenvalue weighted by Gasteiger charge is -2.24. The minimum Gasteiger partial charge on any atom is -0.494 e. The highest BCUT2D eigenvalue weighted by molar-refractivity contribution is 5.90. The van der Waals surface area contributed by atoms with Gasteiger partial charge in [0.15, 0.2) is 0 Å². The third-order valence-electron chi connectivity index (χ3n) is 5.51. The second kappa shape index (κ2) is 10.1. The quantitative estimate of drug-likeness (QED) is 0.328. The first-order valence-corrected chi connectivity index (χ1v) is 10.6. The van der Waals surface area contributed by atoms with Crippen LogP contribution in [-0.2, 0) is 6.42 Å². The molecular formula is C24H31NO5. The molecule has 0 atom stereocenters. The predicted molar refractivity (Wildman–Crippen MR) is 119 cm³/mol. The van der Waals surface area contributed by atoms with Gasteiger partial charge in [-0.2, -0.15) is 0 Å². The van der Waals surface area contributed by atoms with E-state index in [1.807, 2.05) is 18.2 Å². The van der Waals surface area contributed by atoms with Crippen molar-refractivity contribution < 1.29 is 19.4 Å². The molecule has 30 heavy (non-hydrogen) atoms. The summed E-state index contributed by atoms with van der Waals surface area (Å²) in [6.45, 7) is 2.23. The Hall–Kier alpha value is -2.41. The van der Waals surface area contributed by atoms with E-state index in [2.05, 4.69) is 6.92 Å². The van der Waals surface area contributed by atoms with Gasteiger partial charge in [-0.1, -0.05) is 32.3 Å². The molecule has 0 amide bonds. The number of fused-ring (bicyclic) bond motifs is 2. The van der Waals surface area contributed by atoms with Crippen LogP contribution in [0.5, 0.6) is 5.75 Å². The number of aryl methyl sites for hydroxylation is 1. The fourth-order valence-electron chi connectivity index (χ4n) is 3.44. The van der Waals surface area contributed by atoms with Crippen LogP contribution in [0, 0.1) is 0 Å². The van der Waals surface area contributed by atoms with Crippen molar-refractivity contribution in [2.45, 2.75) is 51.0 Å². The zero-order valence-corrected chi connectivity index (χ0v) is 17.5. The first-order chi connectivity index (χ1) is 14.5.